The van der Waals surface area contributed by atoms with Crippen LogP contribution in [-0.4, -0.2) is 43.9 Å². The van der Waals surface area contributed by atoms with Crippen molar-refractivity contribution in [3.05, 3.63) is 71.3 Å². The highest BCUT2D eigenvalue weighted by molar-refractivity contribution is 5.89. The molecule has 3 rings (SSSR count). The molecule has 0 aliphatic rings. The largest absolute Gasteiger partial charge is 0.478 e. The molecule has 0 saturated carbocycles. The van der Waals surface area contributed by atoms with Gasteiger partial charge in [-0.2, -0.15) is 4.98 Å². The summed E-state index contributed by atoms with van der Waals surface area (Å²) in [5.41, 5.74) is 15.0. The number of carbonyl (C=O) groups is 1. The fraction of sp³-hybridized carbons (Fsp3) is 0.261. The van der Waals surface area contributed by atoms with Crippen molar-refractivity contribution >= 4 is 28.6 Å². The Morgan fingerprint density at radius 1 is 1.06 bits per heavy atom. The van der Waals surface area contributed by atoms with E-state index < -0.39 is 18.2 Å². The van der Waals surface area contributed by atoms with Gasteiger partial charge in [0.1, 0.15) is 12.0 Å². The Morgan fingerprint density at radius 2 is 1.72 bits per heavy atom. The zero-order valence-electron chi connectivity index (χ0n) is 17.5. The zero-order valence-corrected chi connectivity index (χ0v) is 17.5. The van der Waals surface area contributed by atoms with Crippen molar-refractivity contribution < 1.29 is 20.1 Å². The summed E-state index contributed by atoms with van der Waals surface area (Å²) in [7, 11) is 0. The lowest BCUT2D eigenvalue weighted by Crippen LogP contribution is -2.36. The number of carboxylic acid groups (broad SMARTS) is 1. The Hall–Kier alpha value is -3.53. The highest BCUT2D eigenvalue weighted by atomic mass is 16.4. The lowest BCUT2D eigenvalue weighted by molar-refractivity contribution is -0.132. The van der Waals surface area contributed by atoms with E-state index in [4.69, 9.17) is 16.6 Å². The third-order valence-electron chi connectivity index (χ3n) is 5.21. The van der Waals surface area contributed by atoms with Gasteiger partial charge in [0.25, 0.3) is 0 Å². The summed E-state index contributed by atoms with van der Waals surface area (Å²) in [5.74, 6) is -0.625. The minimum Gasteiger partial charge on any atom is -0.478 e. The van der Waals surface area contributed by atoms with Gasteiger partial charge in [0.05, 0.1) is 12.1 Å². The van der Waals surface area contributed by atoms with Crippen molar-refractivity contribution in [3.8, 4) is 0 Å². The molecule has 0 spiro atoms. The summed E-state index contributed by atoms with van der Waals surface area (Å²) in [6.07, 6.45) is 0.542. The topological polar surface area (TPSA) is 168 Å². The lowest BCUT2D eigenvalue weighted by Gasteiger charge is -2.21. The van der Waals surface area contributed by atoms with Gasteiger partial charge in [-0.15, -0.1) is 0 Å². The summed E-state index contributed by atoms with van der Waals surface area (Å²) in [6, 6.07) is 12.6. The smallest absolute Gasteiger partial charge is 0.331 e. The molecule has 168 valence electrons. The quantitative estimate of drug-likeness (QED) is 0.204. The first-order chi connectivity index (χ1) is 15.3. The molecule has 0 saturated heterocycles. The van der Waals surface area contributed by atoms with E-state index in [1.165, 1.54) is 0 Å². The predicted molar refractivity (Wildman–Crippen MR) is 123 cm³/mol. The van der Waals surface area contributed by atoms with Crippen LogP contribution < -0.4 is 16.8 Å². The fourth-order valence-corrected chi connectivity index (χ4v) is 3.41. The molecule has 3 aromatic rings. The Kier molecular flexibility index (Phi) is 7.37. The number of anilines is 2. The lowest BCUT2D eigenvalue weighted by atomic mass is 10.0. The predicted octanol–water partition coefficient (Wildman–Crippen LogP) is 1.55. The zero-order chi connectivity index (χ0) is 23.3. The Labute approximate surface area is 185 Å². The second-order valence-corrected chi connectivity index (χ2v) is 7.62. The van der Waals surface area contributed by atoms with Crippen LogP contribution in [0.25, 0.3) is 10.9 Å². The summed E-state index contributed by atoms with van der Waals surface area (Å²) in [6.45, 7) is 3.13. The summed E-state index contributed by atoms with van der Waals surface area (Å²) < 4.78 is 0. The molecule has 0 bridgehead atoms. The van der Waals surface area contributed by atoms with Crippen LogP contribution in [0.2, 0.25) is 0 Å². The van der Waals surface area contributed by atoms with Crippen molar-refractivity contribution in [2.45, 2.75) is 31.5 Å². The molecule has 0 fully saturated rings. The molecular formula is C23H27N5O4. The number of fused-ring (bicyclic) bond motifs is 1. The number of hydrogen-bond acceptors (Lipinski definition) is 8. The molecule has 2 unspecified atom stereocenters. The molecule has 2 aromatic carbocycles. The number of aryl methyl sites for hydroxylation is 2. The molecule has 32 heavy (non-hydrogen) atoms. The number of benzene rings is 2. The number of nitrogens with zero attached hydrogens (tertiary/aromatic N) is 2. The standard InChI is InChI=1S/C23H27N5O4/c1-13(22(31)32)10-17(12-29)26-21(30)16-7-4-14(5-8-16)2-3-15-6-9-19-18(11-15)20(24)28-23(25)27-19/h4-9,11,17,21,26,29-30H,1-3,10,12H2,(H,31,32)(H4,24,25,27,28). The summed E-state index contributed by atoms with van der Waals surface area (Å²) >= 11 is 0. The van der Waals surface area contributed by atoms with E-state index in [2.05, 4.69) is 21.9 Å². The van der Waals surface area contributed by atoms with Gasteiger partial charge in [0.15, 0.2) is 0 Å². The van der Waals surface area contributed by atoms with Gasteiger partial charge in [-0.05, 0) is 48.1 Å². The molecular weight excluding hydrogens is 410 g/mol. The first kappa shape index (κ1) is 23.1. The number of nitrogen functional groups attached to an aromatic ring is 2. The maximum atomic E-state index is 10.9. The third kappa shape index (κ3) is 5.79. The maximum absolute atomic E-state index is 10.9. The SMILES string of the molecule is C=C(CC(CO)NC(O)c1ccc(CCc2ccc3nc(N)nc(N)c3c2)cc1)C(=O)O. The number of aliphatic hydroxyl groups excluding tert-OH is 2. The molecule has 1 aromatic heterocycles. The van der Waals surface area contributed by atoms with E-state index in [0.717, 1.165) is 29.4 Å². The number of nitrogens with one attached hydrogen (secondary N) is 1. The molecule has 2 atom stereocenters. The highest BCUT2D eigenvalue weighted by Gasteiger charge is 2.17. The van der Waals surface area contributed by atoms with Gasteiger partial charge >= 0.3 is 5.97 Å². The van der Waals surface area contributed by atoms with Crippen molar-refractivity contribution in [1.82, 2.24) is 15.3 Å². The van der Waals surface area contributed by atoms with Gasteiger partial charge < -0.3 is 26.8 Å². The Balaban J connectivity index is 1.60. The van der Waals surface area contributed by atoms with E-state index in [-0.39, 0.29) is 24.5 Å². The molecule has 9 heteroatoms. The van der Waals surface area contributed by atoms with Crippen molar-refractivity contribution in [3.63, 3.8) is 0 Å². The Morgan fingerprint density at radius 3 is 2.38 bits per heavy atom. The van der Waals surface area contributed by atoms with Gasteiger partial charge in [0.2, 0.25) is 5.95 Å². The van der Waals surface area contributed by atoms with Gasteiger partial charge in [-0.25, -0.2) is 9.78 Å². The molecule has 0 radical (unpaired) electrons. The van der Waals surface area contributed by atoms with Gasteiger partial charge in [-0.3, -0.25) is 5.32 Å². The number of nitrogens with two attached hydrogens (primary N) is 2. The summed E-state index contributed by atoms with van der Waals surface area (Å²) in [4.78, 5) is 19.1. The molecule has 1 heterocycles. The fourth-order valence-electron chi connectivity index (χ4n) is 3.41. The second-order valence-electron chi connectivity index (χ2n) is 7.62. The van der Waals surface area contributed by atoms with Crippen molar-refractivity contribution in [2.75, 3.05) is 18.1 Å². The van der Waals surface area contributed by atoms with Gasteiger partial charge in [-0.1, -0.05) is 36.9 Å². The number of aliphatic hydroxyl groups is 2. The van der Waals surface area contributed by atoms with Crippen molar-refractivity contribution in [1.29, 1.82) is 0 Å². The van der Waals surface area contributed by atoms with Crippen LogP contribution in [-0.2, 0) is 17.6 Å². The number of aliphatic carboxylic acids is 1. The highest BCUT2D eigenvalue weighted by Crippen LogP contribution is 2.21. The molecule has 9 nitrogen and oxygen atoms in total. The number of rotatable bonds is 10. The van der Waals surface area contributed by atoms with Crippen LogP contribution in [0.3, 0.4) is 0 Å². The molecule has 0 aliphatic carbocycles. The van der Waals surface area contributed by atoms with Crippen molar-refractivity contribution in [2.24, 2.45) is 0 Å². The normalized spacial score (nSPS) is 13.1. The van der Waals surface area contributed by atoms with Crippen LogP contribution in [0.1, 0.15) is 29.3 Å². The van der Waals surface area contributed by atoms with E-state index in [1.807, 2.05) is 30.3 Å². The minimum atomic E-state index is -1.13. The van der Waals surface area contributed by atoms with E-state index in [0.29, 0.717) is 16.9 Å². The van der Waals surface area contributed by atoms with Crippen LogP contribution in [0.4, 0.5) is 11.8 Å². The average molecular weight is 438 g/mol. The monoisotopic (exact) mass is 437 g/mol. The molecule has 0 aliphatic heterocycles. The first-order valence-corrected chi connectivity index (χ1v) is 10.1. The minimum absolute atomic E-state index is 0.0227. The van der Waals surface area contributed by atoms with Crippen LogP contribution in [0.5, 0.6) is 0 Å². The van der Waals surface area contributed by atoms with E-state index in [1.54, 1.807) is 12.1 Å². The molecule has 8 N–H and O–H groups in total. The van der Waals surface area contributed by atoms with Crippen LogP contribution in [0, 0.1) is 0 Å². The second kappa shape index (κ2) is 10.2. The number of carboxylic acids is 1. The maximum Gasteiger partial charge on any atom is 0.331 e. The van der Waals surface area contributed by atoms with Gasteiger partial charge in [0, 0.05) is 17.0 Å². The third-order valence-corrected chi connectivity index (χ3v) is 5.21. The van der Waals surface area contributed by atoms with E-state index >= 15 is 0 Å². The first-order valence-electron chi connectivity index (χ1n) is 10.1. The van der Waals surface area contributed by atoms with Crippen LogP contribution >= 0.6 is 0 Å². The summed E-state index contributed by atoms with van der Waals surface area (Å²) in [5, 5.41) is 32.3. The average Bonchev–Trinajstić information content (AvgIpc) is 2.77. The molecule has 0 amide bonds. The van der Waals surface area contributed by atoms with Crippen LogP contribution in [0.15, 0.2) is 54.6 Å². The van der Waals surface area contributed by atoms with E-state index in [9.17, 15) is 15.0 Å². The number of hydrogen-bond donors (Lipinski definition) is 6. The number of aromatic nitrogens is 2. The Bertz CT molecular complexity index is 1120.